The molecule has 0 bridgehead atoms. The summed E-state index contributed by atoms with van der Waals surface area (Å²) < 4.78 is 3.63. The molecule has 3 rings (SSSR count). The number of nitrogens with one attached hydrogen (secondary N) is 1. The van der Waals surface area contributed by atoms with E-state index in [-0.39, 0.29) is 0 Å². The van der Waals surface area contributed by atoms with Crippen molar-refractivity contribution in [1.29, 1.82) is 0 Å². The van der Waals surface area contributed by atoms with Crippen molar-refractivity contribution in [2.24, 2.45) is 14.1 Å². The molecule has 92 valence electrons. The number of aromatic nitrogens is 6. The van der Waals surface area contributed by atoms with E-state index < -0.39 is 0 Å². The summed E-state index contributed by atoms with van der Waals surface area (Å²) in [6.07, 6.45) is 5.21. The molecule has 0 amide bonds. The summed E-state index contributed by atoms with van der Waals surface area (Å²) in [5, 5.41) is 7.41. The molecular formula is C11H13N7. The number of hydrogen-bond donors (Lipinski definition) is 1. The number of fused-ring (bicyclic) bond motifs is 1. The van der Waals surface area contributed by atoms with Crippen LogP contribution in [0.5, 0.6) is 0 Å². The first-order chi connectivity index (χ1) is 8.74. The van der Waals surface area contributed by atoms with Gasteiger partial charge in [-0.25, -0.2) is 15.0 Å². The van der Waals surface area contributed by atoms with Crippen molar-refractivity contribution >= 4 is 16.9 Å². The molecular weight excluding hydrogens is 230 g/mol. The van der Waals surface area contributed by atoms with Gasteiger partial charge in [0, 0.05) is 20.3 Å². The van der Waals surface area contributed by atoms with E-state index in [1.807, 2.05) is 24.7 Å². The molecule has 0 aromatic carbocycles. The lowest BCUT2D eigenvalue weighted by atomic mass is 10.3. The molecule has 0 saturated carbocycles. The van der Waals surface area contributed by atoms with Crippen LogP contribution in [0.25, 0.3) is 11.0 Å². The van der Waals surface area contributed by atoms with Gasteiger partial charge in [0.25, 0.3) is 0 Å². The van der Waals surface area contributed by atoms with E-state index in [0.29, 0.717) is 6.54 Å². The Labute approximate surface area is 104 Å². The van der Waals surface area contributed by atoms with Crippen molar-refractivity contribution in [2.45, 2.75) is 6.54 Å². The Morgan fingerprint density at radius 3 is 2.83 bits per heavy atom. The van der Waals surface area contributed by atoms with Gasteiger partial charge in [0.15, 0.2) is 11.6 Å². The lowest BCUT2D eigenvalue weighted by Gasteiger charge is -2.03. The number of nitrogens with zero attached hydrogens (tertiary/aromatic N) is 6. The van der Waals surface area contributed by atoms with E-state index in [4.69, 9.17) is 0 Å². The summed E-state index contributed by atoms with van der Waals surface area (Å²) in [7, 11) is 3.80. The van der Waals surface area contributed by atoms with Crippen LogP contribution >= 0.6 is 0 Å². The fourth-order valence-corrected chi connectivity index (χ4v) is 1.82. The van der Waals surface area contributed by atoms with Crippen molar-refractivity contribution in [3.05, 3.63) is 30.7 Å². The molecule has 0 spiro atoms. The zero-order valence-corrected chi connectivity index (χ0v) is 10.2. The number of aryl methyl sites for hydroxylation is 2. The Hall–Kier alpha value is -2.44. The molecule has 7 heteroatoms. The highest BCUT2D eigenvalue weighted by Crippen LogP contribution is 2.18. The summed E-state index contributed by atoms with van der Waals surface area (Å²) in [4.78, 5) is 12.8. The van der Waals surface area contributed by atoms with Crippen LogP contribution in [-0.2, 0) is 20.6 Å². The minimum Gasteiger partial charge on any atom is -0.361 e. The van der Waals surface area contributed by atoms with Gasteiger partial charge in [-0.3, -0.25) is 4.68 Å². The monoisotopic (exact) mass is 243 g/mol. The van der Waals surface area contributed by atoms with Gasteiger partial charge in [-0.15, -0.1) is 0 Å². The highest BCUT2D eigenvalue weighted by Gasteiger charge is 2.07. The molecule has 0 unspecified atom stereocenters. The maximum Gasteiger partial charge on any atom is 0.169 e. The van der Waals surface area contributed by atoms with Crippen LogP contribution in [-0.4, -0.2) is 29.3 Å². The molecule has 1 N–H and O–H groups in total. The molecule has 0 radical (unpaired) electrons. The highest BCUT2D eigenvalue weighted by molar-refractivity contribution is 5.85. The third kappa shape index (κ3) is 1.79. The standard InChI is InChI=1S/C11H13N7/c1-17-6-15-10-8(17)3-4-12-11(10)13-5-9-14-7-18(2)16-9/h3-4,6-7H,5H2,1-2H3,(H,12,13). The van der Waals surface area contributed by atoms with Crippen molar-refractivity contribution in [3.8, 4) is 0 Å². The number of imidazole rings is 1. The summed E-state index contributed by atoms with van der Waals surface area (Å²) in [6.45, 7) is 0.531. The summed E-state index contributed by atoms with van der Waals surface area (Å²) in [5.74, 6) is 1.48. The Kier molecular flexibility index (Phi) is 2.44. The van der Waals surface area contributed by atoms with Gasteiger partial charge < -0.3 is 9.88 Å². The van der Waals surface area contributed by atoms with Gasteiger partial charge >= 0.3 is 0 Å². The average Bonchev–Trinajstić information content (AvgIpc) is 2.94. The highest BCUT2D eigenvalue weighted by atomic mass is 15.3. The molecule has 3 aromatic heterocycles. The maximum atomic E-state index is 4.33. The van der Waals surface area contributed by atoms with E-state index in [9.17, 15) is 0 Å². The largest absolute Gasteiger partial charge is 0.361 e. The first-order valence-corrected chi connectivity index (χ1v) is 5.58. The van der Waals surface area contributed by atoms with Crippen LogP contribution < -0.4 is 5.32 Å². The van der Waals surface area contributed by atoms with Crippen LogP contribution in [0.2, 0.25) is 0 Å². The van der Waals surface area contributed by atoms with E-state index in [0.717, 1.165) is 22.7 Å². The van der Waals surface area contributed by atoms with Crippen LogP contribution in [0.4, 0.5) is 5.82 Å². The zero-order chi connectivity index (χ0) is 12.5. The van der Waals surface area contributed by atoms with Gasteiger partial charge in [0.05, 0.1) is 18.4 Å². The zero-order valence-electron chi connectivity index (χ0n) is 10.2. The molecule has 3 heterocycles. The second kappa shape index (κ2) is 4.10. The van der Waals surface area contributed by atoms with E-state index >= 15 is 0 Å². The predicted octanol–water partition coefficient (Wildman–Crippen LogP) is 0.709. The van der Waals surface area contributed by atoms with Crippen LogP contribution in [0.15, 0.2) is 24.9 Å². The fourth-order valence-electron chi connectivity index (χ4n) is 1.82. The fraction of sp³-hybridized carbons (Fsp3) is 0.273. The lowest BCUT2D eigenvalue weighted by Crippen LogP contribution is -2.04. The number of anilines is 1. The Balaban J connectivity index is 1.86. The molecule has 0 aliphatic rings. The summed E-state index contributed by atoms with van der Waals surface area (Å²) >= 11 is 0. The average molecular weight is 243 g/mol. The molecule has 3 aromatic rings. The van der Waals surface area contributed by atoms with Crippen LogP contribution in [0.1, 0.15) is 5.82 Å². The molecule has 0 saturated heterocycles. The van der Waals surface area contributed by atoms with Gasteiger partial charge in [-0.05, 0) is 6.07 Å². The molecule has 0 aliphatic heterocycles. The molecule has 18 heavy (non-hydrogen) atoms. The normalized spacial score (nSPS) is 11.0. The predicted molar refractivity (Wildman–Crippen MR) is 66.8 cm³/mol. The quantitative estimate of drug-likeness (QED) is 0.733. The second-order valence-corrected chi connectivity index (χ2v) is 4.07. The lowest BCUT2D eigenvalue weighted by molar-refractivity contribution is 0.747. The molecule has 7 nitrogen and oxygen atoms in total. The Morgan fingerprint density at radius 1 is 1.17 bits per heavy atom. The van der Waals surface area contributed by atoms with E-state index in [1.165, 1.54) is 0 Å². The first-order valence-electron chi connectivity index (χ1n) is 5.58. The first kappa shape index (κ1) is 10.7. The Bertz CT molecular complexity index is 682. The van der Waals surface area contributed by atoms with Crippen molar-refractivity contribution in [2.75, 3.05) is 5.32 Å². The number of rotatable bonds is 3. The van der Waals surface area contributed by atoms with Crippen molar-refractivity contribution < 1.29 is 0 Å². The summed E-state index contributed by atoms with van der Waals surface area (Å²) in [5.41, 5.74) is 1.90. The third-order valence-electron chi connectivity index (χ3n) is 2.70. The number of pyridine rings is 1. The van der Waals surface area contributed by atoms with E-state index in [2.05, 4.69) is 25.4 Å². The smallest absolute Gasteiger partial charge is 0.169 e. The summed E-state index contributed by atoms with van der Waals surface area (Å²) in [6, 6.07) is 1.94. The van der Waals surface area contributed by atoms with Crippen LogP contribution in [0, 0.1) is 0 Å². The topological polar surface area (TPSA) is 73.5 Å². The van der Waals surface area contributed by atoms with E-state index in [1.54, 1.807) is 23.5 Å². The van der Waals surface area contributed by atoms with Gasteiger partial charge in [-0.2, -0.15) is 5.10 Å². The van der Waals surface area contributed by atoms with Crippen molar-refractivity contribution in [1.82, 2.24) is 29.3 Å². The SMILES string of the molecule is Cn1cnc(CNc2nccc3c2ncn3C)n1. The number of hydrogen-bond acceptors (Lipinski definition) is 5. The molecule has 0 atom stereocenters. The second-order valence-electron chi connectivity index (χ2n) is 4.07. The minimum atomic E-state index is 0.531. The van der Waals surface area contributed by atoms with Gasteiger partial charge in [0.2, 0.25) is 0 Å². The minimum absolute atomic E-state index is 0.531. The molecule has 0 fully saturated rings. The Morgan fingerprint density at radius 2 is 2.06 bits per heavy atom. The van der Waals surface area contributed by atoms with Crippen LogP contribution in [0.3, 0.4) is 0 Å². The van der Waals surface area contributed by atoms with Crippen molar-refractivity contribution in [3.63, 3.8) is 0 Å². The van der Waals surface area contributed by atoms with Gasteiger partial charge in [-0.1, -0.05) is 0 Å². The molecule has 0 aliphatic carbocycles. The van der Waals surface area contributed by atoms with Gasteiger partial charge in [0.1, 0.15) is 11.8 Å². The maximum absolute atomic E-state index is 4.33. The third-order valence-corrected chi connectivity index (χ3v) is 2.70.